The quantitative estimate of drug-likeness (QED) is 0.710. The Labute approximate surface area is 144 Å². The van der Waals surface area contributed by atoms with Gasteiger partial charge in [0.2, 0.25) is 11.8 Å². The fraction of sp³-hybridized carbons (Fsp3) is 0.438. The molecule has 0 spiro atoms. The van der Waals surface area contributed by atoms with E-state index in [4.69, 9.17) is 10.2 Å². The predicted octanol–water partition coefficient (Wildman–Crippen LogP) is 2.50. The summed E-state index contributed by atoms with van der Waals surface area (Å²) < 4.78 is 5.64. The number of nitrogens with two attached hydrogens (primary N) is 1. The number of furan rings is 1. The van der Waals surface area contributed by atoms with E-state index >= 15 is 0 Å². The first kappa shape index (κ1) is 18.2. The number of nitrogens with zero attached hydrogens (tertiary/aromatic N) is 1. The number of carbonyl (C=O) groups excluding carboxylic acids is 2. The number of anilines is 1. The Hall–Kier alpha value is -2.19. The van der Waals surface area contributed by atoms with Crippen LogP contribution in [-0.2, 0) is 16.1 Å². The highest BCUT2D eigenvalue weighted by atomic mass is 32.1. The third kappa shape index (κ3) is 4.65. The fourth-order valence-electron chi connectivity index (χ4n) is 2.14. The van der Waals surface area contributed by atoms with Gasteiger partial charge in [-0.15, -0.1) is 11.3 Å². The molecule has 7 nitrogen and oxygen atoms in total. The topological polar surface area (TPSA) is 110 Å². The monoisotopic (exact) mass is 350 g/mol. The maximum absolute atomic E-state index is 12.2. The molecule has 0 aliphatic carbocycles. The van der Waals surface area contributed by atoms with E-state index in [9.17, 15) is 9.59 Å². The molecule has 0 aliphatic heterocycles. The molecule has 0 radical (unpaired) electrons. The van der Waals surface area contributed by atoms with Gasteiger partial charge in [0.15, 0.2) is 10.9 Å². The SMILES string of the molecule is CCCC(C)(N)C(=O)Nc1nc(-c2ccc(CNC(C)=O)o2)cs1. The zero-order chi connectivity index (χ0) is 17.7. The van der Waals surface area contributed by atoms with E-state index < -0.39 is 5.54 Å². The number of rotatable bonds is 7. The van der Waals surface area contributed by atoms with Gasteiger partial charge in [-0.25, -0.2) is 4.98 Å². The summed E-state index contributed by atoms with van der Waals surface area (Å²) >= 11 is 1.31. The van der Waals surface area contributed by atoms with Gasteiger partial charge in [-0.05, 0) is 25.5 Å². The van der Waals surface area contributed by atoms with Gasteiger partial charge in [0, 0.05) is 12.3 Å². The summed E-state index contributed by atoms with van der Waals surface area (Å²) in [6.07, 6.45) is 1.43. The second-order valence-electron chi connectivity index (χ2n) is 5.84. The minimum atomic E-state index is -0.920. The first-order chi connectivity index (χ1) is 11.3. The summed E-state index contributed by atoms with van der Waals surface area (Å²) in [7, 11) is 0. The summed E-state index contributed by atoms with van der Waals surface area (Å²) in [4.78, 5) is 27.5. The minimum Gasteiger partial charge on any atom is -0.458 e. The van der Waals surface area contributed by atoms with Crippen LogP contribution in [0.3, 0.4) is 0 Å². The molecular formula is C16H22N4O3S. The Balaban J connectivity index is 2.03. The van der Waals surface area contributed by atoms with Crippen molar-refractivity contribution in [2.45, 2.75) is 45.7 Å². The Bertz CT molecular complexity index is 720. The number of carbonyl (C=O) groups is 2. The van der Waals surface area contributed by atoms with Crippen LogP contribution < -0.4 is 16.4 Å². The van der Waals surface area contributed by atoms with Crippen LogP contribution in [0, 0.1) is 0 Å². The van der Waals surface area contributed by atoms with E-state index in [1.165, 1.54) is 18.3 Å². The van der Waals surface area contributed by atoms with Crippen LogP contribution in [0.25, 0.3) is 11.5 Å². The van der Waals surface area contributed by atoms with Crippen LogP contribution in [-0.4, -0.2) is 22.3 Å². The molecule has 2 amide bonds. The number of thiazole rings is 1. The summed E-state index contributed by atoms with van der Waals surface area (Å²) in [5.74, 6) is 0.840. The summed E-state index contributed by atoms with van der Waals surface area (Å²) in [6, 6.07) is 3.56. The number of hydrogen-bond acceptors (Lipinski definition) is 6. The Kier molecular flexibility index (Phi) is 5.74. The average Bonchev–Trinajstić information content (AvgIpc) is 3.13. The van der Waals surface area contributed by atoms with E-state index in [1.54, 1.807) is 24.4 Å². The van der Waals surface area contributed by atoms with Gasteiger partial charge in [-0.1, -0.05) is 13.3 Å². The lowest BCUT2D eigenvalue weighted by Crippen LogP contribution is -2.48. The summed E-state index contributed by atoms with van der Waals surface area (Å²) in [6.45, 7) is 5.46. The molecular weight excluding hydrogens is 328 g/mol. The van der Waals surface area contributed by atoms with Gasteiger partial charge in [-0.3, -0.25) is 9.59 Å². The molecule has 1 unspecified atom stereocenters. The van der Waals surface area contributed by atoms with E-state index in [0.29, 0.717) is 35.3 Å². The van der Waals surface area contributed by atoms with E-state index in [1.807, 2.05) is 6.92 Å². The lowest BCUT2D eigenvalue weighted by Gasteiger charge is -2.21. The van der Waals surface area contributed by atoms with Crippen LogP contribution in [0.4, 0.5) is 5.13 Å². The second-order valence-corrected chi connectivity index (χ2v) is 6.69. The molecule has 24 heavy (non-hydrogen) atoms. The second kappa shape index (κ2) is 7.59. The van der Waals surface area contributed by atoms with Crippen molar-refractivity contribution in [2.75, 3.05) is 5.32 Å². The standard InChI is InChI=1S/C16H22N4O3S/c1-4-7-16(3,17)14(22)20-15-19-12(9-24-15)13-6-5-11(23-13)8-18-10(2)21/h5-6,9H,4,7-8,17H2,1-3H3,(H,18,21)(H,19,20,22). The lowest BCUT2D eigenvalue weighted by atomic mass is 9.97. The lowest BCUT2D eigenvalue weighted by molar-refractivity contribution is -0.121. The highest BCUT2D eigenvalue weighted by Crippen LogP contribution is 2.27. The van der Waals surface area contributed by atoms with E-state index in [2.05, 4.69) is 15.6 Å². The summed E-state index contributed by atoms with van der Waals surface area (Å²) in [5, 5.41) is 7.68. The highest BCUT2D eigenvalue weighted by Gasteiger charge is 2.28. The van der Waals surface area contributed by atoms with Crippen molar-refractivity contribution in [1.29, 1.82) is 0 Å². The third-order valence-corrected chi connectivity index (χ3v) is 4.20. The van der Waals surface area contributed by atoms with Crippen LogP contribution in [0.2, 0.25) is 0 Å². The molecule has 1 atom stereocenters. The van der Waals surface area contributed by atoms with Crippen LogP contribution in [0.1, 0.15) is 39.4 Å². The molecule has 2 rings (SSSR count). The van der Waals surface area contributed by atoms with Crippen LogP contribution in [0.15, 0.2) is 21.9 Å². The van der Waals surface area contributed by atoms with Gasteiger partial charge >= 0.3 is 0 Å². The van der Waals surface area contributed by atoms with Crippen molar-refractivity contribution in [3.63, 3.8) is 0 Å². The van der Waals surface area contributed by atoms with Crippen molar-refractivity contribution in [1.82, 2.24) is 10.3 Å². The van der Waals surface area contributed by atoms with Gasteiger partial charge in [0.05, 0.1) is 12.1 Å². The fourth-order valence-corrected chi connectivity index (χ4v) is 2.83. The number of aromatic nitrogens is 1. The van der Waals surface area contributed by atoms with Crippen molar-refractivity contribution < 1.29 is 14.0 Å². The van der Waals surface area contributed by atoms with Crippen molar-refractivity contribution in [3.05, 3.63) is 23.3 Å². The number of hydrogen-bond donors (Lipinski definition) is 3. The normalized spacial score (nSPS) is 13.3. The van der Waals surface area contributed by atoms with Crippen molar-refractivity contribution in [3.8, 4) is 11.5 Å². The molecule has 130 valence electrons. The average molecular weight is 350 g/mol. The Morgan fingerprint density at radius 2 is 2.17 bits per heavy atom. The minimum absolute atomic E-state index is 0.122. The number of amides is 2. The highest BCUT2D eigenvalue weighted by molar-refractivity contribution is 7.14. The molecule has 0 saturated heterocycles. The van der Waals surface area contributed by atoms with Crippen molar-refractivity contribution in [2.24, 2.45) is 5.73 Å². The molecule has 0 fully saturated rings. The smallest absolute Gasteiger partial charge is 0.245 e. The molecule has 0 aliphatic rings. The molecule has 2 heterocycles. The van der Waals surface area contributed by atoms with Gasteiger partial charge < -0.3 is 20.8 Å². The van der Waals surface area contributed by atoms with E-state index in [0.717, 1.165) is 6.42 Å². The zero-order valence-corrected chi connectivity index (χ0v) is 14.8. The van der Waals surface area contributed by atoms with E-state index in [-0.39, 0.29) is 11.8 Å². The van der Waals surface area contributed by atoms with Gasteiger partial charge in [0.1, 0.15) is 11.5 Å². The number of nitrogens with one attached hydrogen (secondary N) is 2. The maximum atomic E-state index is 12.2. The van der Waals surface area contributed by atoms with Gasteiger partial charge in [0.25, 0.3) is 0 Å². The molecule has 2 aromatic heterocycles. The molecule has 2 aromatic rings. The van der Waals surface area contributed by atoms with Gasteiger partial charge in [-0.2, -0.15) is 0 Å². The molecule has 8 heteroatoms. The first-order valence-electron chi connectivity index (χ1n) is 7.71. The van der Waals surface area contributed by atoms with Crippen LogP contribution >= 0.6 is 11.3 Å². The molecule has 4 N–H and O–H groups in total. The predicted molar refractivity (Wildman–Crippen MR) is 93.5 cm³/mol. The molecule has 0 bridgehead atoms. The van der Waals surface area contributed by atoms with Crippen LogP contribution in [0.5, 0.6) is 0 Å². The molecule has 0 saturated carbocycles. The Morgan fingerprint density at radius 3 is 2.83 bits per heavy atom. The maximum Gasteiger partial charge on any atom is 0.245 e. The summed E-state index contributed by atoms with van der Waals surface area (Å²) in [5.41, 5.74) is 5.71. The third-order valence-electron chi connectivity index (χ3n) is 3.44. The zero-order valence-electron chi connectivity index (χ0n) is 14.0. The molecule has 0 aromatic carbocycles. The van der Waals surface area contributed by atoms with Crippen molar-refractivity contribution >= 4 is 28.3 Å². The Morgan fingerprint density at radius 1 is 1.42 bits per heavy atom. The first-order valence-corrected chi connectivity index (χ1v) is 8.59. The largest absolute Gasteiger partial charge is 0.458 e.